The Bertz CT molecular complexity index is 802. The maximum atomic E-state index is 12.1. The van der Waals surface area contributed by atoms with E-state index in [1.54, 1.807) is 18.2 Å². The topological polar surface area (TPSA) is 104 Å². The van der Waals surface area contributed by atoms with Crippen molar-refractivity contribution >= 4 is 54.1 Å². The van der Waals surface area contributed by atoms with Gasteiger partial charge in [0.05, 0.1) is 10.7 Å². The molecule has 0 aliphatic carbocycles. The first-order chi connectivity index (χ1) is 10.1. The van der Waals surface area contributed by atoms with Crippen LogP contribution in [-0.4, -0.2) is 25.2 Å². The summed E-state index contributed by atoms with van der Waals surface area (Å²) in [5, 5.41) is 5.30. The number of carbonyl (C=O) groups is 1. The SMILES string of the molecule is Cc1ccc(NC(=O)c2nn(P(=O)(O)O)c(Cl)c2Cl)c(Cl)c1. The van der Waals surface area contributed by atoms with Crippen LogP contribution >= 0.6 is 42.5 Å². The number of aryl methyl sites for hydroxylation is 1. The molecule has 1 amide bonds. The standard InChI is InChI=1S/C11H9Cl3N3O4P/c1-5-2-3-7(6(12)4-5)15-11(18)9-8(13)10(14)17(16-9)22(19,20)21/h2-4H,1H3,(H,15,18)(H2,19,20,21). The summed E-state index contributed by atoms with van der Waals surface area (Å²) < 4.78 is 11.4. The van der Waals surface area contributed by atoms with Gasteiger partial charge >= 0.3 is 7.75 Å². The van der Waals surface area contributed by atoms with E-state index >= 15 is 0 Å². The van der Waals surface area contributed by atoms with Crippen molar-refractivity contribution in [1.82, 2.24) is 9.55 Å². The van der Waals surface area contributed by atoms with E-state index in [0.717, 1.165) is 5.56 Å². The van der Waals surface area contributed by atoms with Crippen LogP contribution in [0.2, 0.25) is 15.2 Å². The van der Waals surface area contributed by atoms with Gasteiger partial charge in [-0.25, -0.2) is 4.57 Å². The van der Waals surface area contributed by atoms with E-state index < -0.39 is 24.5 Å². The lowest BCUT2D eigenvalue weighted by molar-refractivity contribution is 0.102. The molecule has 0 unspecified atom stereocenters. The Labute approximate surface area is 140 Å². The fourth-order valence-electron chi connectivity index (χ4n) is 1.59. The van der Waals surface area contributed by atoms with E-state index in [9.17, 15) is 9.36 Å². The predicted molar refractivity (Wildman–Crippen MR) is 83.8 cm³/mol. The number of amides is 1. The first kappa shape index (κ1) is 17.3. The minimum Gasteiger partial charge on any atom is -0.319 e. The van der Waals surface area contributed by atoms with Crippen molar-refractivity contribution in [3.05, 3.63) is 44.7 Å². The zero-order valence-electron chi connectivity index (χ0n) is 10.9. The van der Waals surface area contributed by atoms with Crippen molar-refractivity contribution in [2.75, 3.05) is 5.32 Å². The molecule has 1 aromatic heterocycles. The van der Waals surface area contributed by atoms with Gasteiger partial charge in [-0.3, -0.25) is 4.79 Å². The van der Waals surface area contributed by atoms with Crippen molar-refractivity contribution in [3.8, 4) is 0 Å². The summed E-state index contributed by atoms with van der Waals surface area (Å²) in [5.41, 5.74) is 0.775. The van der Waals surface area contributed by atoms with Gasteiger partial charge < -0.3 is 15.1 Å². The summed E-state index contributed by atoms with van der Waals surface area (Å²) in [4.78, 5) is 30.3. The molecule has 118 valence electrons. The number of nitrogens with zero attached hydrogens (tertiary/aromatic N) is 2. The largest absolute Gasteiger partial charge is 0.451 e. The van der Waals surface area contributed by atoms with Gasteiger partial charge in [-0.2, -0.15) is 9.55 Å². The van der Waals surface area contributed by atoms with Gasteiger partial charge in [0.1, 0.15) is 5.02 Å². The Kier molecular flexibility index (Phi) is 4.87. The molecule has 0 saturated carbocycles. The lowest BCUT2D eigenvalue weighted by atomic mass is 10.2. The fraction of sp³-hybridized carbons (Fsp3) is 0.0909. The fourth-order valence-corrected chi connectivity index (χ4v) is 3.09. The number of benzene rings is 1. The summed E-state index contributed by atoms with van der Waals surface area (Å²) in [7, 11) is -4.82. The number of carbonyl (C=O) groups excluding carboxylic acids is 1. The molecule has 0 aliphatic heterocycles. The van der Waals surface area contributed by atoms with Gasteiger partial charge in [-0.15, -0.1) is 0 Å². The van der Waals surface area contributed by atoms with Gasteiger partial charge in [-0.1, -0.05) is 40.9 Å². The number of anilines is 1. The Hall–Kier alpha value is -1.08. The second kappa shape index (κ2) is 6.20. The molecule has 2 rings (SSSR count). The molecule has 1 aromatic carbocycles. The summed E-state index contributed by atoms with van der Waals surface area (Å²) in [5.74, 6) is -0.801. The van der Waals surface area contributed by atoms with Crippen molar-refractivity contribution in [2.45, 2.75) is 6.92 Å². The average Bonchev–Trinajstić information content (AvgIpc) is 2.69. The van der Waals surface area contributed by atoms with E-state index in [-0.39, 0.29) is 9.47 Å². The number of halogens is 3. The highest BCUT2D eigenvalue weighted by Crippen LogP contribution is 2.42. The number of hydrogen-bond acceptors (Lipinski definition) is 3. The van der Waals surface area contributed by atoms with Crippen LogP contribution in [0.5, 0.6) is 0 Å². The maximum absolute atomic E-state index is 12.1. The molecule has 1 heterocycles. The van der Waals surface area contributed by atoms with E-state index in [4.69, 9.17) is 44.6 Å². The summed E-state index contributed by atoms with van der Waals surface area (Å²) in [6.45, 7) is 1.83. The first-order valence-corrected chi connectivity index (χ1v) is 8.39. The highest BCUT2D eigenvalue weighted by atomic mass is 35.5. The molecule has 11 heteroatoms. The lowest BCUT2D eigenvalue weighted by Crippen LogP contribution is -2.14. The molecule has 7 nitrogen and oxygen atoms in total. The molecular formula is C11H9Cl3N3O4P. The Morgan fingerprint density at radius 2 is 1.95 bits per heavy atom. The predicted octanol–water partition coefficient (Wildman–Crippen LogP) is 3.34. The van der Waals surface area contributed by atoms with Crippen LogP contribution in [-0.2, 0) is 4.57 Å². The van der Waals surface area contributed by atoms with Crippen molar-refractivity contribution in [1.29, 1.82) is 0 Å². The minimum atomic E-state index is -4.82. The Morgan fingerprint density at radius 3 is 2.45 bits per heavy atom. The summed E-state index contributed by atoms with van der Waals surface area (Å²) >= 11 is 17.4. The third kappa shape index (κ3) is 3.46. The number of hydrogen-bond donors (Lipinski definition) is 3. The highest BCUT2D eigenvalue weighted by molar-refractivity contribution is 7.50. The van der Waals surface area contributed by atoms with Crippen LogP contribution in [0.4, 0.5) is 5.69 Å². The lowest BCUT2D eigenvalue weighted by Gasteiger charge is -2.06. The smallest absolute Gasteiger partial charge is 0.319 e. The monoisotopic (exact) mass is 383 g/mol. The molecule has 0 bridgehead atoms. The summed E-state index contributed by atoms with van der Waals surface area (Å²) in [6.07, 6.45) is 0. The van der Waals surface area contributed by atoms with Gasteiger partial charge in [0.25, 0.3) is 5.91 Å². The zero-order valence-corrected chi connectivity index (χ0v) is 14.1. The molecule has 2 aromatic rings. The van der Waals surface area contributed by atoms with Crippen molar-refractivity contribution in [2.24, 2.45) is 0 Å². The Balaban J connectivity index is 2.36. The Morgan fingerprint density at radius 1 is 1.32 bits per heavy atom. The number of rotatable bonds is 3. The van der Waals surface area contributed by atoms with Crippen LogP contribution in [0.1, 0.15) is 16.1 Å². The second-order valence-electron chi connectivity index (χ2n) is 4.29. The van der Waals surface area contributed by atoms with Gasteiger partial charge in [0.2, 0.25) is 0 Å². The zero-order chi connectivity index (χ0) is 16.7. The maximum Gasteiger partial charge on any atom is 0.451 e. The molecule has 0 atom stereocenters. The van der Waals surface area contributed by atoms with Gasteiger partial charge in [-0.05, 0) is 24.6 Å². The molecule has 0 spiro atoms. The minimum absolute atomic E-state index is 0.183. The van der Waals surface area contributed by atoms with E-state index in [2.05, 4.69) is 10.4 Å². The van der Waals surface area contributed by atoms with Crippen molar-refractivity contribution < 1.29 is 19.1 Å². The van der Waals surface area contributed by atoms with Crippen LogP contribution in [0.15, 0.2) is 18.2 Å². The van der Waals surface area contributed by atoms with E-state index in [1.165, 1.54) is 0 Å². The molecular weight excluding hydrogens is 375 g/mol. The molecule has 22 heavy (non-hydrogen) atoms. The number of nitrogens with one attached hydrogen (secondary N) is 1. The third-order valence-electron chi connectivity index (χ3n) is 2.59. The number of aromatic nitrogens is 2. The molecule has 0 saturated heterocycles. The van der Waals surface area contributed by atoms with E-state index in [0.29, 0.717) is 10.7 Å². The van der Waals surface area contributed by atoms with E-state index in [1.807, 2.05) is 6.92 Å². The van der Waals surface area contributed by atoms with Gasteiger partial charge in [0, 0.05) is 0 Å². The highest BCUT2D eigenvalue weighted by Gasteiger charge is 2.29. The quantitative estimate of drug-likeness (QED) is 0.704. The van der Waals surface area contributed by atoms with Crippen LogP contribution in [0.3, 0.4) is 0 Å². The van der Waals surface area contributed by atoms with Crippen molar-refractivity contribution in [3.63, 3.8) is 0 Å². The molecule has 0 fully saturated rings. The molecule has 0 radical (unpaired) electrons. The average molecular weight is 385 g/mol. The first-order valence-electron chi connectivity index (χ1n) is 5.69. The van der Waals surface area contributed by atoms with Crippen LogP contribution in [0, 0.1) is 6.92 Å². The molecule has 3 N–H and O–H groups in total. The normalized spacial score (nSPS) is 11.5. The van der Waals surface area contributed by atoms with Crippen LogP contribution in [0.25, 0.3) is 0 Å². The third-order valence-corrected chi connectivity index (χ3v) is 4.61. The summed E-state index contributed by atoms with van der Waals surface area (Å²) in [6, 6.07) is 4.94. The second-order valence-corrected chi connectivity index (χ2v) is 6.84. The van der Waals surface area contributed by atoms with Gasteiger partial charge in [0.15, 0.2) is 10.8 Å². The van der Waals surface area contributed by atoms with Crippen LogP contribution < -0.4 is 5.32 Å². The molecule has 0 aliphatic rings.